The fourth-order valence-electron chi connectivity index (χ4n) is 2.79. The highest BCUT2D eigenvalue weighted by Gasteiger charge is 2.29. The Hall–Kier alpha value is -2.80. The number of hydrogen-bond acceptors (Lipinski definition) is 6. The molecule has 1 amide bonds. The van der Waals surface area contributed by atoms with Crippen molar-refractivity contribution in [2.75, 3.05) is 24.4 Å². The van der Waals surface area contributed by atoms with Crippen molar-refractivity contribution in [3.8, 4) is 0 Å². The van der Waals surface area contributed by atoms with E-state index in [1.165, 1.54) is 5.01 Å². The summed E-state index contributed by atoms with van der Waals surface area (Å²) in [6, 6.07) is 18.3. The maximum Gasteiger partial charge on any atom is 0.328 e. The molecule has 0 spiro atoms. The van der Waals surface area contributed by atoms with Crippen LogP contribution in [0.4, 0.5) is 5.69 Å². The third-order valence-corrected chi connectivity index (χ3v) is 5.51. The van der Waals surface area contributed by atoms with Crippen LogP contribution in [-0.4, -0.2) is 46.9 Å². The Bertz CT molecular complexity index is 881. The summed E-state index contributed by atoms with van der Waals surface area (Å²) in [7, 11) is 1.73. The van der Waals surface area contributed by atoms with Gasteiger partial charge in [0.2, 0.25) is 11.0 Å². The molecule has 0 aromatic heterocycles. The van der Waals surface area contributed by atoms with Crippen molar-refractivity contribution in [1.82, 2.24) is 5.01 Å². The van der Waals surface area contributed by atoms with Crippen LogP contribution in [0.3, 0.4) is 0 Å². The molecular formula is C24H30N2O4S. The molecule has 6 nitrogen and oxygen atoms in total. The zero-order valence-electron chi connectivity index (χ0n) is 18.7. The first kappa shape index (κ1) is 24.5. The van der Waals surface area contributed by atoms with Gasteiger partial charge in [0.25, 0.3) is 0 Å². The Morgan fingerprint density at radius 3 is 2.06 bits per heavy atom. The minimum atomic E-state index is -0.652. The molecule has 1 atom stereocenters. The van der Waals surface area contributed by atoms with Gasteiger partial charge in [-0.1, -0.05) is 67.2 Å². The van der Waals surface area contributed by atoms with E-state index < -0.39 is 17.5 Å². The molecule has 1 unspecified atom stereocenters. The number of hydrazine groups is 1. The van der Waals surface area contributed by atoms with E-state index in [9.17, 15) is 14.4 Å². The van der Waals surface area contributed by atoms with Crippen molar-refractivity contribution < 1.29 is 19.1 Å². The van der Waals surface area contributed by atoms with Crippen LogP contribution < -0.4 is 5.01 Å². The van der Waals surface area contributed by atoms with Crippen LogP contribution in [-0.2, 0) is 14.3 Å². The molecule has 0 saturated carbocycles. The number of ether oxygens (including phenoxy) is 1. The molecule has 0 aliphatic carbocycles. The number of nitrogens with zero attached hydrogens (tertiary/aromatic N) is 2. The third kappa shape index (κ3) is 7.75. The molecule has 0 saturated heterocycles. The van der Waals surface area contributed by atoms with Crippen molar-refractivity contribution >= 4 is 34.4 Å². The Morgan fingerprint density at radius 1 is 0.968 bits per heavy atom. The van der Waals surface area contributed by atoms with E-state index in [2.05, 4.69) is 0 Å². The van der Waals surface area contributed by atoms with Crippen LogP contribution in [0.1, 0.15) is 38.1 Å². The van der Waals surface area contributed by atoms with Gasteiger partial charge in [0.05, 0.1) is 5.69 Å². The molecule has 2 aromatic rings. The van der Waals surface area contributed by atoms with Gasteiger partial charge >= 0.3 is 5.97 Å². The number of para-hydroxylation sites is 1. The van der Waals surface area contributed by atoms with Crippen molar-refractivity contribution in [3.05, 3.63) is 66.2 Å². The summed E-state index contributed by atoms with van der Waals surface area (Å²) < 4.78 is 5.42. The first-order chi connectivity index (χ1) is 14.6. The predicted octanol–water partition coefficient (Wildman–Crippen LogP) is 4.42. The minimum absolute atomic E-state index is 0.0876. The normalized spacial score (nSPS) is 12.0. The number of esters is 1. The SMILES string of the molecule is CC(CSC(=O)c1ccccc1)C(=O)N(CC(=O)OC(C)(C)C)N(C)c1ccccc1. The monoisotopic (exact) mass is 442 g/mol. The molecule has 2 aromatic carbocycles. The number of rotatable bonds is 8. The maximum atomic E-state index is 13.3. The fourth-order valence-corrected chi connectivity index (χ4v) is 3.64. The van der Waals surface area contributed by atoms with E-state index in [-0.39, 0.29) is 17.6 Å². The third-order valence-electron chi connectivity index (χ3n) is 4.34. The lowest BCUT2D eigenvalue weighted by Crippen LogP contribution is -2.50. The standard InChI is InChI=1S/C24H30N2O4S/c1-18(17-31-23(29)19-12-8-6-9-13-19)22(28)26(16-21(27)30-24(2,3)4)25(5)20-14-10-7-11-15-20/h6-15,18H,16-17H2,1-5H3. The molecule has 2 rings (SSSR count). The average molecular weight is 443 g/mol. The second-order valence-corrected chi connectivity index (χ2v) is 9.20. The van der Waals surface area contributed by atoms with Crippen molar-refractivity contribution in [3.63, 3.8) is 0 Å². The molecule has 0 aliphatic rings. The van der Waals surface area contributed by atoms with Gasteiger partial charge in [-0.25, -0.2) is 5.01 Å². The highest BCUT2D eigenvalue weighted by Crippen LogP contribution is 2.21. The summed E-state index contributed by atoms with van der Waals surface area (Å²) in [6.45, 7) is 6.89. The van der Waals surface area contributed by atoms with Crippen LogP contribution in [0.15, 0.2) is 60.7 Å². The van der Waals surface area contributed by atoms with E-state index in [1.807, 2.05) is 36.4 Å². The number of benzene rings is 2. The van der Waals surface area contributed by atoms with E-state index in [1.54, 1.807) is 64.0 Å². The summed E-state index contributed by atoms with van der Waals surface area (Å²) in [5, 5.41) is 2.93. The van der Waals surface area contributed by atoms with Crippen molar-refractivity contribution in [1.29, 1.82) is 0 Å². The maximum absolute atomic E-state index is 13.3. The zero-order chi connectivity index (χ0) is 23.0. The molecule has 0 heterocycles. The predicted molar refractivity (Wildman–Crippen MR) is 125 cm³/mol. The Labute approximate surface area is 188 Å². The fraction of sp³-hybridized carbons (Fsp3) is 0.375. The number of anilines is 1. The summed E-state index contributed by atoms with van der Waals surface area (Å²) in [6.07, 6.45) is 0. The van der Waals surface area contributed by atoms with E-state index >= 15 is 0 Å². The van der Waals surface area contributed by atoms with Crippen LogP contribution in [0.5, 0.6) is 0 Å². The summed E-state index contributed by atoms with van der Waals surface area (Å²) >= 11 is 1.10. The highest BCUT2D eigenvalue weighted by atomic mass is 32.2. The van der Waals surface area contributed by atoms with Crippen LogP contribution in [0.2, 0.25) is 0 Å². The molecule has 0 N–H and O–H groups in total. The summed E-state index contributed by atoms with van der Waals surface area (Å²) in [5.74, 6) is -0.930. The van der Waals surface area contributed by atoms with Gasteiger partial charge < -0.3 is 4.74 Å². The quantitative estimate of drug-likeness (QED) is 0.445. The zero-order valence-corrected chi connectivity index (χ0v) is 19.5. The van der Waals surface area contributed by atoms with Gasteiger partial charge in [0, 0.05) is 24.3 Å². The highest BCUT2D eigenvalue weighted by molar-refractivity contribution is 8.14. The Morgan fingerprint density at radius 2 is 1.52 bits per heavy atom. The number of carbonyl (C=O) groups excluding carboxylic acids is 3. The van der Waals surface area contributed by atoms with Crippen molar-refractivity contribution in [2.45, 2.75) is 33.3 Å². The molecule has 31 heavy (non-hydrogen) atoms. The van der Waals surface area contributed by atoms with Crippen LogP contribution in [0, 0.1) is 5.92 Å². The van der Waals surface area contributed by atoms with Gasteiger partial charge in [0.1, 0.15) is 12.1 Å². The molecule has 0 radical (unpaired) electrons. The van der Waals surface area contributed by atoms with E-state index in [4.69, 9.17) is 4.74 Å². The van der Waals surface area contributed by atoms with E-state index in [0.717, 1.165) is 17.4 Å². The molecule has 0 bridgehead atoms. The molecule has 166 valence electrons. The van der Waals surface area contributed by atoms with Gasteiger partial charge in [0.15, 0.2) is 0 Å². The van der Waals surface area contributed by atoms with Gasteiger partial charge in [-0.2, -0.15) is 0 Å². The Balaban J connectivity index is 2.12. The van der Waals surface area contributed by atoms with E-state index in [0.29, 0.717) is 11.3 Å². The number of hydrogen-bond donors (Lipinski definition) is 0. The average Bonchev–Trinajstić information content (AvgIpc) is 2.74. The second kappa shape index (κ2) is 11.0. The molecular weight excluding hydrogens is 412 g/mol. The summed E-state index contributed by atoms with van der Waals surface area (Å²) in [4.78, 5) is 38.1. The molecule has 0 fully saturated rings. The lowest BCUT2D eigenvalue weighted by Gasteiger charge is -2.35. The largest absolute Gasteiger partial charge is 0.459 e. The second-order valence-electron chi connectivity index (χ2n) is 8.21. The van der Waals surface area contributed by atoms with Crippen molar-refractivity contribution in [2.24, 2.45) is 5.92 Å². The van der Waals surface area contributed by atoms with Crippen LogP contribution >= 0.6 is 11.8 Å². The first-order valence-corrected chi connectivity index (χ1v) is 11.1. The smallest absolute Gasteiger partial charge is 0.328 e. The van der Waals surface area contributed by atoms with Gasteiger partial charge in [-0.05, 0) is 32.9 Å². The van der Waals surface area contributed by atoms with Gasteiger partial charge in [-0.3, -0.25) is 19.4 Å². The minimum Gasteiger partial charge on any atom is -0.459 e. The topological polar surface area (TPSA) is 66.9 Å². The lowest BCUT2D eigenvalue weighted by atomic mass is 10.2. The van der Waals surface area contributed by atoms with Crippen LogP contribution in [0.25, 0.3) is 0 Å². The lowest BCUT2D eigenvalue weighted by molar-refractivity contribution is -0.159. The molecule has 0 aliphatic heterocycles. The van der Waals surface area contributed by atoms with Gasteiger partial charge in [-0.15, -0.1) is 0 Å². The first-order valence-electron chi connectivity index (χ1n) is 10.1. The number of amides is 1. The Kier molecular flexibility index (Phi) is 8.68. The number of thioether (sulfide) groups is 1. The molecule has 7 heteroatoms. The number of carbonyl (C=O) groups is 3. The summed E-state index contributed by atoms with van der Waals surface area (Å²) in [5.41, 5.74) is 0.708.